The molecule has 2 N–H and O–H groups in total. The minimum atomic E-state index is 0.593. The van der Waals surface area contributed by atoms with Gasteiger partial charge in [-0.3, -0.25) is 4.90 Å². The van der Waals surface area contributed by atoms with Crippen LogP contribution in [0.5, 0.6) is 0 Å². The van der Waals surface area contributed by atoms with Crippen LogP contribution in [-0.4, -0.2) is 30.6 Å². The molecule has 0 radical (unpaired) electrons. The van der Waals surface area contributed by atoms with Gasteiger partial charge in [-0.1, -0.05) is 33.6 Å². The summed E-state index contributed by atoms with van der Waals surface area (Å²) in [5.74, 6) is 1.81. The molecule has 2 rings (SSSR count). The fourth-order valence-electron chi connectivity index (χ4n) is 4.39. The lowest BCUT2D eigenvalue weighted by atomic mass is 9.78. The van der Waals surface area contributed by atoms with Crippen LogP contribution in [0.2, 0.25) is 0 Å². The minimum Gasteiger partial charge on any atom is -0.329 e. The van der Waals surface area contributed by atoms with Gasteiger partial charge in [-0.15, -0.1) is 0 Å². The van der Waals surface area contributed by atoms with E-state index in [-0.39, 0.29) is 0 Å². The topological polar surface area (TPSA) is 29.3 Å². The number of likely N-dealkylation sites (tertiary alicyclic amines) is 1. The van der Waals surface area contributed by atoms with Gasteiger partial charge in [-0.05, 0) is 55.9 Å². The van der Waals surface area contributed by atoms with E-state index in [0.717, 1.165) is 18.4 Å². The highest BCUT2D eigenvalue weighted by atomic mass is 15.2. The summed E-state index contributed by atoms with van der Waals surface area (Å²) >= 11 is 0. The second-order valence-electron chi connectivity index (χ2n) is 7.25. The van der Waals surface area contributed by atoms with Crippen molar-refractivity contribution in [2.45, 2.75) is 71.8 Å². The lowest BCUT2D eigenvalue weighted by molar-refractivity contribution is 0.118. The fourth-order valence-corrected chi connectivity index (χ4v) is 4.39. The number of nitrogens with zero attached hydrogens (tertiary/aromatic N) is 1. The van der Waals surface area contributed by atoms with Crippen molar-refractivity contribution in [1.29, 1.82) is 0 Å². The lowest BCUT2D eigenvalue weighted by Crippen LogP contribution is -2.46. The highest BCUT2D eigenvalue weighted by Gasteiger charge is 2.39. The summed E-state index contributed by atoms with van der Waals surface area (Å²) in [4.78, 5) is 2.74. The molecule has 19 heavy (non-hydrogen) atoms. The Kier molecular flexibility index (Phi) is 5.30. The molecule has 2 heteroatoms. The van der Waals surface area contributed by atoms with Crippen molar-refractivity contribution in [2.24, 2.45) is 23.0 Å². The highest BCUT2D eigenvalue weighted by Crippen LogP contribution is 2.40. The van der Waals surface area contributed by atoms with Gasteiger partial charge in [0.15, 0.2) is 0 Å². The first-order valence-electron chi connectivity index (χ1n) is 8.58. The van der Waals surface area contributed by atoms with Crippen molar-refractivity contribution in [3.8, 4) is 0 Å². The van der Waals surface area contributed by atoms with Gasteiger partial charge in [0.2, 0.25) is 0 Å². The molecule has 1 atom stereocenters. The fraction of sp³-hybridized carbons (Fsp3) is 1.00. The van der Waals surface area contributed by atoms with Crippen LogP contribution < -0.4 is 5.73 Å². The molecule has 112 valence electrons. The summed E-state index contributed by atoms with van der Waals surface area (Å²) in [5.41, 5.74) is 6.74. The quantitative estimate of drug-likeness (QED) is 0.823. The molecule has 0 bridgehead atoms. The van der Waals surface area contributed by atoms with Gasteiger partial charge in [0, 0.05) is 19.1 Å². The largest absolute Gasteiger partial charge is 0.329 e. The van der Waals surface area contributed by atoms with E-state index in [1.165, 1.54) is 58.0 Å². The molecule has 0 amide bonds. The molecule has 0 aromatic carbocycles. The normalized spacial score (nSPS) is 33.5. The Balaban J connectivity index is 1.95. The van der Waals surface area contributed by atoms with Gasteiger partial charge >= 0.3 is 0 Å². The number of rotatable bonds is 5. The van der Waals surface area contributed by atoms with Crippen LogP contribution in [0.3, 0.4) is 0 Å². The summed E-state index contributed by atoms with van der Waals surface area (Å²) in [7, 11) is 0. The van der Waals surface area contributed by atoms with Crippen molar-refractivity contribution in [1.82, 2.24) is 4.90 Å². The lowest BCUT2D eigenvalue weighted by Gasteiger charge is -2.38. The molecule has 1 heterocycles. The van der Waals surface area contributed by atoms with Crippen LogP contribution in [0.25, 0.3) is 0 Å². The van der Waals surface area contributed by atoms with Gasteiger partial charge in [-0.25, -0.2) is 0 Å². The standard InChI is InChI=1S/C17H34N2/c1-4-17(5-2)10-11-19(13-17)16(12-18)15-8-6-14(3)7-9-15/h14-16H,4-13,18H2,1-3H3. The van der Waals surface area contributed by atoms with Gasteiger partial charge in [0.25, 0.3) is 0 Å². The zero-order valence-electron chi connectivity index (χ0n) is 13.3. The first kappa shape index (κ1) is 15.3. The Morgan fingerprint density at radius 3 is 2.26 bits per heavy atom. The second-order valence-corrected chi connectivity index (χ2v) is 7.25. The Hall–Kier alpha value is -0.0800. The third-order valence-corrected chi connectivity index (χ3v) is 6.28. The average Bonchev–Trinajstić information content (AvgIpc) is 2.87. The van der Waals surface area contributed by atoms with Crippen LogP contribution >= 0.6 is 0 Å². The van der Waals surface area contributed by atoms with Crippen molar-refractivity contribution >= 4 is 0 Å². The first-order chi connectivity index (χ1) is 9.14. The zero-order valence-corrected chi connectivity index (χ0v) is 13.3. The average molecular weight is 266 g/mol. The molecule has 1 aliphatic heterocycles. The van der Waals surface area contributed by atoms with Gasteiger partial charge < -0.3 is 5.73 Å². The van der Waals surface area contributed by atoms with Crippen molar-refractivity contribution in [3.05, 3.63) is 0 Å². The van der Waals surface area contributed by atoms with Crippen LogP contribution in [0.4, 0.5) is 0 Å². The summed E-state index contributed by atoms with van der Waals surface area (Å²) < 4.78 is 0. The van der Waals surface area contributed by atoms with E-state index in [0.29, 0.717) is 11.5 Å². The maximum absolute atomic E-state index is 6.15. The SMILES string of the molecule is CCC1(CC)CCN(C(CN)C2CCC(C)CC2)C1. The number of nitrogens with two attached hydrogens (primary N) is 1. The van der Waals surface area contributed by atoms with Crippen molar-refractivity contribution < 1.29 is 0 Å². The summed E-state index contributed by atoms with van der Waals surface area (Å²) in [5, 5.41) is 0. The maximum atomic E-state index is 6.15. The Bertz CT molecular complexity index is 264. The summed E-state index contributed by atoms with van der Waals surface area (Å²) in [6.45, 7) is 10.6. The smallest absolute Gasteiger partial charge is 0.0246 e. The first-order valence-corrected chi connectivity index (χ1v) is 8.58. The van der Waals surface area contributed by atoms with E-state index < -0.39 is 0 Å². The molecule has 1 saturated carbocycles. The van der Waals surface area contributed by atoms with E-state index in [9.17, 15) is 0 Å². The Morgan fingerprint density at radius 2 is 1.79 bits per heavy atom. The van der Waals surface area contributed by atoms with Gasteiger partial charge in [0.1, 0.15) is 0 Å². The van der Waals surface area contributed by atoms with Crippen LogP contribution in [0.15, 0.2) is 0 Å². The van der Waals surface area contributed by atoms with E-state index in [1.54, 1.807) is 0 Å². The second kappa shape index (κ2) is 6.58. The maximum Gasteiger partial charge on any atom is 0.0246 e. The van der Waals surface area contributed by atoms with E-state index in [1.807, 2.05) is 0 Å². The van der Waals surface area contributed by atoms with E-state index in [4.69, 9.17) is 5.73 Å². The molecular weight excluding hydrogens is 232 g/mol. The highest BCUT2D eigenvalue weighted by molar-refractivity contribution is 4.93. The van der Waals surface area contributed by atoms with E-state index >= 15 is 0 Å². The van der Waals surface area contributed by atoms with Crippen LogP contribution in [0.1, 0.15) is 65.7 Å². The van der Waals surface area contributed by atoms with Crippen LogP contribution in [0, 0.1) is 17.3 Å². The third kappa shape index (κ3) is 3.33. The molecular formula is C17H34N2. The zero-order chi connectivity index (χ0) is 13.9. The van der Waals surface area contributed by atoms with Gasteiger partial charge in [-0.2, -0.15) is 0 Å². The molecule has 0 aromatic rings. The predicted molar refractivity (Wildman–Crippen MR) is 83.2 cm³/mol. The Labute approximate surface area is 120 Å². The summed E-state index contributed by atoms with van der Waals surface area (Å²) in [6.07, 6.45) is 9.70. The molecule has 1 saturated heterocycles. The molecule has 1 unspecified atom stereocenters. The molecule has 0 spiro atoms. The minimum absolute atomic E-state index is 0.593. The number of hydrogen-bond donors (Lipinski definition) is 1. The monoisotopic (exact) mass is 266 g/mol. The molecule has 2 aliphatic rings. The molecule has 1 aliphatic carbocycles. The van der Waals surface area contributed by atoms with Crippen molar-refractivity contribution in [3.63, 3.8) is 0 Å². The molecule has 0 aromatic heterocycles. The predicted octanol–water partition coefficient (Wildman–Crippen LogP) is 3.65. The van der Waals surface area contributed by atoms with Crippen LogP contribution in [-0.2, 0) is 0 Å². The third-order valence-electron chi connectivity index (χ3n) is 6.28. The van der Waals surface area contributed by atoms with Gasteiger partial charge in [0.05, 0.1) is 0 Å². The van der Waals surface area contributed by atoms with E-state index in [2.05, 4.69) is 25.7 Å². The summed E-state index contributed by atoms with van der Waals surface area (Å²) in [6, 6.07) is 0.660. The molecule has 2 nitrogen and oxygen atoms in total. The number of hydrogen-bond acceptors (Lipinski definition) is 2. The molecule has 2 fully saturated rings. The Morgan fingerprint density at radius 1 is 1.16 bits per heavy atom. The van der Waals surface area contributed by atoms with Crippen molar-refractivity contribution in [2.75, 3.05) is 19.6 Å².